The molecule has 17 heteroatoms. The average molecular weight is 950 g/mol. The predicted octanol–water partition coefficient (Wildman–Crippen LogP) is 4.21. The smallest absolute Gasteiger partial charge is 0.752 e. The molecule has 0 unspecified atom stereocenters. The van der Waals surface area contributed by atoms with E-state index in [0.717, 1.165) is 61.8 Å². The molecule has 0 radical (unpaired) electrons. The topological polar surface area (TPSA) is 115 Å². The van der Waals surface area contributed by atoms with Gasteiger partial charge in [-0.1, -0.05) is 0 Å². The molecule has 0 atom stereocenters. The van der Waals surface area contributed by atoms with Crippen LogP contribution in [0.5, 0.6) is 11.5 Å². The Bertz CT molecular complexity index is 1560. The first kappa shape index (κ1) is 41.2. The van der Waals surface area contributed by atoms with Crippen molar-refractivity contribution in [1.82, 2.24) is 9.80 Å². The van der Waals surface area contributed by atoms with E-state index < -0.39 is 0 Å². The van der Waals surface area contributed by atoms with Gasteiger partial charge in [-0.2, -0.15) is 10.2 Å². The van der Waals surface area contributed by atoms with Crippen LogP contribution in [-0.2, 0) is 55.9 Å². The first-order valence-corrected chi connectivity index (χ1v) is 19.7. The van der Waals surface area contributed by atoms with E-state index in [1.54, 1.807) is 24.0 Å². The molecule has 2 saturated heterocycles. The second-order valence-electron chi connectivity index (χ2n) is 11.8. The molecule has 0 N–H and O–H groups in total. The SMILES string of the molecule is COc1ccc2c(c1)/C(=N\N=C(/[S-])SC)C(=O)N2CCN1CCCC1.COc1ccc2c(c1)/C(=N\N=C(/[S-])SC)C(=O)N2CCN1CCCC1.[Pt+2]. The van der Waals surface area contributed by atoms with Gasteiger partial charge in [0.15, 0.2) is 11.4 Å². The van der Waals surface area contributed by atoms with Gasteiger partial charge in [-0.15, -0.1) is 33.7 Å². The molecule has 4 aliphatic rings. The van der Waals surface area contributed by atoms with Crippen molar-refractivity contribution in [3.8, 4) is 11.5 Å². The quantitative estimate of drug-likeness (QED) is 0.149. The van der Waals surface area contributed by atoms with Gasteiger partial charge < -0.3 is 54.3 Å². The number of anilines is 2. The van der Waals surface area contributed by atoms with Crippen molar-refractivity contribution in [3.63, 3.8) is 0 Å². The van der Waals surface area contributed by atoms with Crippen LogP contribution in [0.3, 0.4) is 0 Å². The first-order valence-electron chi connectivity index (χ1n) is 16.5. The third-order valence-electron chi connectivity index (χ3n) is 8.88. The molecule has 2 aromatic rings. The molecule has 2 aromatic carbocycles. The normalized spacial score (nSPS) is 19.4. The van der Waals surface area contributed by atoms with E-state index in [2.05, 4.69) is 30.2 Å². The summed E-state index contributed by atoms with van der Waals surface area (Å²) >= 11 is 12.8. The van der Waals surface area contributed by atoms with Crippen molar-refractivity contribution in [1.29, 1.82) is 0 Å². The zero-order chi connectivity index (χ0) is 35.6. The Labute approximate surface area is 334 Å². The molecule has 0 bridgehead atoms. The van der Waals surface area contributed by atoms with Crippen molar-refractivity contribution in [2.45, 2.75) is 25.7 Å². The number of carbonyl (C=O) groups is 2. The van der Waals surface area contributed by atoms with Gasteiger partial charge in [0.2, 0.25) is 0 Å². The molecule has 4 aliphatic heterocycles. The molecule has 4 heterocycles. The maximum atomic E-state index is 12.9. The van der Waals surface area contributed by atoms with Gasteiger partial charge in [0.1, 0.15) is 11.5 Å². The maximum absolute atomic E-state index is 12.9. The van der Waals surface area contributed by atoms with E-state index >= 15 is 0 Å². The largest absolute Gasteiger partial charge is 2.00 e. The van der Waals surface area contributed by atoms with E-state index in [-0.39, 0.29) is 32.9 Å². The van der Waals surface area contributed by atoms with Crippen LogP contribution >= 0.6 is 23.5 Å². The maximum Gasteiger partial charge on any atom is 2.00 e. The van der Waals surface area contributed by atoms with Crippen molar-refractivity contribution in [2.24, 2.45) is 20.4 Å². The van der Waals surface area contributed by atoms with Gasteiger partial charge >= 0.3 is 21.1 Å². The summed E-state index contributed by atoms with van der Waals surface area (Å²) < 4.78 is 11.4. The second-order valence-corrected chi connectivity index (χ2v) is 14.7. The van der Waals surface area contributed by atoms with Crippen LogP contribution < -0.4 is 19.3 Å². The Morgan fingerprint density at radius 1 is 0.667 bits per heavy atom. The van der Waals surface area contributed by atoms with Crippen LogP contribution in [0.4, 0.5) is 11.4 Å². The third-order valence-corrected chi connectivity index (χ3v) is 10.9. The van der Waals surface area contributed by atoms with Gasteiger partial charge in [0.05, 0.1) is 25.6 Å². The van der Waals surface area contributed by atoms with Gasteiger partial charge in [-0.3, -0.25) is 9.59 Å². The fourth-order valence-electron chi connectivity index (χ4n) is 6.24. The Kier molecular flexibility index (Phi) is 16.2. The molecule has 2 fully saturated rings. The number of likely N-dealkylation sites (tertiary alicyclic amines) is 2. The molecular formula is C34H42N8O4PtS4. The number of hydrogen-bond acceptors (Lipinski definition) is 14. The number of amides is 2. The fraction of sp³-hybridized carbons (Fsp3) is 0.471. The van der Waals surface area contributed by atoms with Gasteiger partial charge in [0, 0.05) is 37.3 Å². The van der Waals surface area contributed by atoms with Crippen molar-refractivity contribution in [3.05, 3.63) is 47.5 Å². The summed E-state index contributed by atoms with van der Waals surface area (Å²) in [6.07, 6.45) is 8.61. The monoisotopic (exact) mass is 949 g/mol. The van der Waals surface area contributed by atoms with Crippen LogP contribution in [0.1, 0.15) is 36.8 Å². The molecule has 51 heavy (non-hydrogen) atoms. The molecule has 0 aliphatic carbocycles. The Morgan fingerprint density at radius 2 is 1.04 bits per heavy atom. The second kappa shape index (κ2) is 20.0. The summed E-state index contributed by atoms with van der Waals surface area (Å²) in [6, 6.07) is 11.2. The van der Waals surface area contributed by atoms with E-state index in [0.29, 0.717) is 44.8 Å². The van der Waals surface area contributed by atoms with E-state index in [1.807, 2.05) is 48.9 Å². The average Bonchev–Trinajstić information content (AvgIpc) is 3.95. The number of thioether (sulfide) groups is 2. The third kappa shape index (κ3) is 10.3. The summed E-state index contributed by atoms with van der Waals surface area (Å²) in [6.45, 7) is 7.45. The number of hydrogen-bond donors (Lipinski definition) is 0. The molecular weight excluding hydrogens is 908 g/mol. The van der Waals surface area contributed by atoms with Crippen LogP contribution in [-0.4, -0.2) is 121 Å². The molecule has 12 nitrogen and oxygen atoms in total. The fourth-order valence-corrected chi connectivity index (χ4v) is 6.56. The van der Waals surface area contributed by atoms with Gasteiger partial charge in [-0.25, -0.2) is 0 Å². The van der Waals surface area contributed by atoms with Gasteiger partial charge in [0.25, 0.3) is 11.8 Å². The number of ether oxygens (including phenoxy) is 2. The zero-order valence-corrected chi connectivity index (χ0v) is 34.6. The van der Waals surface area contributed by atoms with Crippen LogP contribution in [0.2, 0.25) is 0 Å². The van der Waals surface area contributed by atoms with E-state index in [4.69, 9.17) is 34.7 Å². The Morgan fingerprint density at radius 3 is 1.37 bits per heavy atom. The predicted molar refractivity (Wildman–Crippen MR) is 212 cm³/mol. The molecule has 0 saturated carbocycles. The minimum absolute atomic E-state index is 0. The summed E-state index contributed by atoms with van der Waals surface area (Å²) in [5.74, 6) is 1.12. The number of fused-ring (bicyclic) bond motifs is 2. The van der Waals surface area contributed by atoms with Crippen LogP contribution in [0.25, 0.3) is 0 Å². The Balaban J connectivity index is 0.000000224. The van der Waals surface area contributed by atoms with Crippen molar-refractivity contribution >= 4 is 92.1 Å². The summed E-state index contributed by atoms with van der Waals surface area (Å²) in [7, 11) is 3.21. The van der Waals surface area contributed by atoms with E-state index in [9.17, 15) is 9.59 Å². The molecule has 0 aromatic heterocycles. The summed E-state index contributed by atoms with van der Waals surface area (Å²) in [5, 5.41) is 16.3. The number of nitrogens with zero attached hydrogens (tertiary/aromatic N) is 8. The minimum Gasteiger partial charge on any atom is -0.752 e. The zero-order valence-electron chi connectivity index (χ0n) is 29.1. The molecule has 2 amide bonds. The van der Waals surface area contributed by atoms with E-state index in [1.165, 1.54) is 49.2 Å². The van der Waals surface area contributed by atoms with Gasteiger partial charge in [-0.05, 0) is 110 Å². The first-order chi connectivity index (χ1) is 24.3. The summed E-state index contributed by atoms with van der Waals surface area (Å²) in [4.78, 5) is 34.1. The number of methoxy groups -OCH3 is 2. The minimum atomic E-state index is -0.130. The summed E-state index contributed by atoms with van der Waals surface area (Å²) in [5.41, 5.74) is 3.86. The molecule has 0 spiro atoms. The number of benzene rings is 2. The molecule has 6 rings (SSSR count). The number of carbonyl (C=O) groups excluding carboxylic acids is 2. The molecule has 276 valence electrons. The van der Waals surface area contributed by atoms with Crippen LogP contribution in [0.15, 0.2) is 56.8 Å². The van der Waals surface area contributed by atoms with Crippen molar-refractivity contribution in [2.75, 3.05) is 88.9 Å². The van der Waals surface area contributed by atoms with Crippen LogP contribution in [0, 0.1) is 0 Å². The standard InChI is InChI=1S/2C17H22N4O2S2.Pt/c2*1-23-12-5-6-14-13(11-12)15(18-19-17(24)25-2)16(22)21(14)10-9-20-7-3-4-8-20;/h2*5-6,11H,3-4,7-10H2,1-2H3,(H,19,24);/q;;+2/p-2/b2*18-15+;. The number of rotatable bonds is 10. The Hall–Kier alpha value is -2.59. The van der Waals surface area contributed by atoms with Crippen molar-refractivity contribution < 1.29 is 40.1 Å².